The van der Waals surface area contributed by atoms with Crippen LogP contribution in [0.1, 0.15) is 24.1 Å². The second kappa shape index (κ2) is 4.46. The van der Waals surface area contributed by atoms with Gasteiger partial charge in [-0.1, -0.05) is 17.7 Å². The highest BCUT2D eigenvalue weighted by Crippen LogP contribution is 2.18. The molecule has 19 heavy (non-hydrogen) atoms. The Bertz CT molecular complexity index is 663. The first kappa shape index (κ1) is 11.8. The van der Waals surface area contributed by atoms with Crippen LogP contribution in [0.2, 0.25) is 0 Å². The number of aromatic nitrogens is 1. The molecule has 4 nitrogen and oxygen atoms in total. The van der Waals surface area contributed by atoms with E-state index in [0.29, 0.717) is 12.8 Å². The summed E-state index contributed by atoms with van der Waals surface area (Å²) in [6.45, 7) is 2.32. The Morgan fingerprint density at radius 3 is 2.58 bits per heavy atom. The molecule has 0 aliphatic carbocycles. The third-order valence-electron chi connectivity index (χ3n) is 3.38. The molecule has 2 heterocycles. The zero-order chi connectivity index (χ0) is 13.4. The largest absolute Gasteiger partial charge is 0.277 e. The molecule has 4 heteroatoms. The van der Waals surface area contributed by atoms with Gasteiger partial charge in [-0.15, -0.1) is 0 Å². The molecule has 96 valence electrons. The average Bonchev–Trinajstić information content (AvgIpc) is 2.71. The summed E-state index contributed by atoms with van der Waals surface area (Å²) in [5, 5.41) is 1.07. The van der Waals surface area contributed by atoms with Gasteiger partial charge in [0.25, 0.3) is 0 Å². The minimum atomic E-state index is -0.101. The van der Waals surface area contributed by atoms with Crippen molar-refractivity contribution in [2.45, 2.75) is 26.3 Å². The first-order chi connectivity index (χ1) is 9.13. The number of hydrogen-bond donors (Lipinski definition) is 0. The SMILES string of the molecule is Cc1ccc2nc(CN3C(=O)CCC3=O)ccc2c1. The fourth-order valence-electron chi connectivity index (χ4n) is 2.34. The van der Waals surface area contributed by atoms with E-state index in [4.69, 9.17) is 0 Å². The van der Waals surface area contributed by atoms with Crippen molar-refractivity contribution in [1.29, 1.82) is 0 Å². The number of likely N-dealkylation sites (tertiary alicyclic amines) is 1. The number of nitrogens with zero attached hydrogens (tertiary/aromatic N) is 2. The number of imide groups is 1. The van der Waals surface area contributed by atoms with Crippen LogP contribution in [-0.2, 0) is 16.1 Å². The van der Waals surface area contributed by atoms with Crippen LogP contribution in [0.3, 0.4) is 0 Å². The first-order valence-electron chi connectivity index (χ1n) is 6.33. The van der Waals surface area contributed by atoms with Crippen LogP contribution in [0.4, 0.5) is 0 Å². The Hall–Kier alpha value is -2.23. The molecule has 1 fully saturated rings. The van der Waals surface area contributed by atoms with E-state index in [-0.39, 0.29) is 18.4 Å². The maximum absolute atomic E-state index is 11.6. The van der Waals surface area contributed by atoms with E-state index in [1.807, 2.05) is 31.2 Å². The number of fused-ring (bicyclic) bond motifs is 1. The number of amides is 2. The lowest BCUT2D eigenvalue weighted by molar-refractivity contribution is -0.139. The summed E-state index contributed by atoms with van der Waals surface area (Å²) < 4.78 is 0. The first-order valence-corrected chi connectivity index (χ1v) is 6.33. The van der Waals surface area contributed by atoms with Crippen LogP contribution in [-0.4, -0.2) is 21.7 Å². The molecule has 0 spiro atoms. The third-order valence-corrected chi connectivity index (χ3v) is 3.38. The van der Waals surface area contributed by atoms with Crippen molar-refractivity contribution >= 4 is 22.7 Å². The topological polar surface area (TPSA) is 50.3 Å². The van der Waals surface area contributed by atoms with Crippen LogP contribution in [0.5, 0.6) is 0 Å². The molecular formula is C15H14N2O2. The molecule has 3 rings (SSSR count). The number of carbonyl (C=O) groups is 2. The van der Waals surface area contributed by atoms with Crippen molar-refractivity contribution in [3.05, 3.63) is 41.6 Å². The molecule has 1 saturated heterocycles. The van der Waals surface area contributed by atoms with Crippen molar-refractivity contribution in [3.8, 4) is 0 Å². The van der Waals surface area contributed by atoms with Crippen LogP contribution in [0.25, 0.3) is 10.9 Å². The van der Waals surface area contributed by atoms with E-state index >= 15 is 0 Å². The molecule has 0 radical (unpaired) electrons. The Kier molecular flexibility index (Phi) is 2.78. The van der Waals surface area contributed by atoms with Gasteiger partial charge in [0, 0.05) is 18.2 Å². The Morgan fingerprint density at radius 2 is 1.84 bits per heavy atom. The molecule has 2 amide bonds. The predicted molar refractivity (Wildman–Crippen MR) is 71.3 cm³/mol. The fourth-order valence-corrected chi connectivity index (χ4v) is 2.34. The number of carbonyl (C=O) groups excluding carboxylic acids is 2. The molecule has 0 atom stereocenters. The summed E-state index contributed by atoms with van der Waals surface area (Å²) in [5.74, 6) is -0.202. The van der Waals surface area contributed by atoms with Gasteiger partial charge in [-0.3, -0.25) is 19.5 Å². The van der Waals surface area contributed by atoms with E-state index in [0.717, 1.165) is 16.6 Å². The molecule has 1 aliphatic heterocycles. The summed E-state index contributed by atoms with van der Waals surface area (Å²) in [6, 6.07) is 9.89. The molecule has 1 aromatic carbocycles. The standard InChI is InChI=1S/C15H14N2O2/c1-10-2-5-13-11(8-10)3-4-12(16-13)9-17-14(18)6-7-15(17)19/h2-5,8H,6-7,9H2,1H3. The maximum atomic E-state index is 11.6. The van der Waals surface area contributed by atoms with Gasteiger partial charge in [0.15, 0.2) is 0 Å². The number of benzene rings is 1. The lowest BCUT2D eigenvalue weighted by atomic mass is 10.1. The summed E-state index contributed by atoms with van der Waals surface area (Å²) >= 11 is 0. The van der Waals surface area contributed by atoms with Crippen LogP contribution in [0.15, 0.2) is 30.3 Å². The van der Waals surface area contributed by atoms with E-state index in [1.165, 1.54) is 10.5 Å². The van der Waals surface area contributed by atoms with E-state index in [9.17, 15) is 9.59 Å². The number of pyridine rings is 1. The van der Waals surface area contributed by atoms with Crippen molar-refractivity contribution in [2.75, 3.05) is 0 Å². The maximum Gasteiger partial charge on any atom is 0.230 e. The second-order valence-electron chi connectivity index (χ2n) is 4.87. The minimum Gasteiger partial charge on any atom is -0.277 e. The van der Waals surface area contributed by atoms with Gasteiger partial charge < -0.3 is 0 Å². The summed E-state index contributed by atoms with van der Waals surface area (Å²) in [4.78, 5) is 28.9. The van der Waals surface area contributed by atoms with E-state index < -0.39 is 0 Å². The molecule has 0 N–H and O–H groups in total. The zero-order valence-corrected chi connectivity index (χ0v) is 10.7. The predicted octanol–water partition coefficient (Wildman–Crippen LogP) is 2.19. The number of rotatable bonds is 2. The van der Waals surface area contributed by atoms with Crippen molar-refractivity contribution in [2.24, 2.45) is 0 Å². The van der Waals surface area contributed by atoms with Crippen LogP contribution in [0, 0.1) is 6.92 Å². The van der Waals surface area contributed by atoms with Gasteiger partial charge in [-0.2, -0.15) is 0 Å². The quantitative estimate of drug-likeness (QED) is 0.772. The second-order valence-corrected chi connectivity index (χ2v) is 4.87. The van der Waals surface area contributed by atoms with Gasteiger partial charge in [-0.05, 0) is 25.1 Å². The molecule has 0 unspecified atom stereocenters. The van der Waals surface area contributed by atoms with Gasteiger partial charge in [0.1, 0.15) is 0 Å². The van der Waals surface area contributed by atoms with Crippen LogP contribution < -0.4 is 0 Å². The normalized spacial score (nSPS) is 15.5. The highest BCUT2D eigenvalue weighted by atomic mass is 16.2. The molecule has 1 aromatic heterocycles. The molecule has 1 aliphatic rings. The Morgan fingerprint density at radius 1 is 1.11 bits per heavy atom. The average molecular weight is 254 g/mol. The summed E-state index contributed by atoms with van der Waals surface area (Å²) in [7, 11) is 0. The van der Waals surface area contributed by atoms with Crippen LogP contribution >= 0.6 is 0 Å². The zero-order valence-electron chi connectivity index (χ0n) is 10.7. The van der Waals surface area contributed by atoms with Gasteiger partial charge in [0.2, 0.25) is 11.8 Å². The van der Waals surface area contributed by atoms with Crippen molar-refractivity contribution in [3.63, 3.8) is 0 Å². The van der Waals surface area contributed by atoms with E-state index in [1.54, 1.807) is 0 Å². The Balaban J connectivity index is 1.91. The highest BCUT2D eigenvalue weighted by molar-refractivity contribution is 6.01. The monoisotopic (exact) mass is 254 g/mol. The van der Waals surface area contributed by atoms with Gasteiger partial charge >= 0.3 is 0 Å². The Labute approximate surface area is 111 Å². The molecule has 2 aromatic rings. The number of aryl methyl sites for hydroxylation is 1. The van der Waals surface area contributed by atoms with Gasteiger partial charge in [0.05, 0.1) is 17.8 Å². The summed E-state index contributed by atoms with van der Waals surface area (Å²) in [5.41, 5.74) is 2.83. The summed E-state index contributed by atoms with van der Waals surface area (Å²) in [6.07, 6.45) is 0.650. The molecule has 0 bridgehead atoms. The smallest absolute Gasteiger partial charge is 0.230 e. The van der Waals surface area contributed by atoms with E-state index in [2.05, 4.69) is 11.1 Å². The lowest BCUT2D eigenvalue weighted by Gasteiger charge is -2.13. The molecule has 0 saturated carbocycles. The van der Waals surface area contributed by atoms with Gasteiger partial charge in [-0.25, -0.2) is 0 Å². The molecular weight excluding hydrogens is 240 g/mol. The minimum absolute atomic E-state index is 0.101. The van der Waals surface area contributed by atoms with Crippen molar-refractivity contribution in [1.82, 2.24) is 9.88 Å². The third kappa shape index (κ3) is 2.21. The number of hydrogen-bond acceptors (Lipinski definition) is 3. The fraction of sp³-hybridized carbons (Fsp3) is 0.267. The lowest BCUT2D eigenvalue weighted by Crippen LogP contribution is -2.28. The van der Waals surface area contributed by atoms with Crippen molar-refractivity contribution < 1.29 is 9.59 Å². The highest BCUT2D eigenvalue weighted by Gasteiger charge is 2.28.